The monoisotopic (exact) mass is 322 g/mol. The first-order chi connectivity index (χ1) is 10.9. The molecule has 0 aliphatic heterocycles. The summed E-state index contributed by atoms with van der Waals surface area (Å²) in [6.45, 7) is 0. The summed E-state index contributed by atoms with van der Waals surface area (Å²) in [5.74, 6) is -1.12. The zero-order valence-electron chi connectivity index (χ0n) is 11.8. The Balaban J connectivity index is 1.72. The number of carbonyl (C=O) groups excluding carboxylic acids is 1. The smallest absolute Gasteiger partial charge is 0.416 e. The summed E-state index contributed by atoms with van der Waals surface area (Å²) in [5.41, 5.74) is -0.243. The lowest BCUT2D eigenvalue weighted by atomic mass is 10.1. The molecule has 1 aliphatic carbocycles. The van der Waals surface area contributed by atoms with Crippen molar-refractivity contribution >= 4 is 11.6 Å². The van der Waals surface area contributed by atoms with Gasteiger partial charge in [0.05, 0.1) is 11.3 Å². The summed E-state index contributed by atoms with van der Waals surface area (Å²) in [6.07, 6.45) is -0.635. The van der Waals surface area contributed by atoms with Crippen molar-refractivity contribution in [3.8, 4) is 5.75 Å². The Hall–Kier alpha value is -2.57. The molecule has 1 aromatic carbocycles. The van der Waals surface area contributed by atoms with Crippen LogP contribution in [0.25, 0.3) is 0 Å². The molecule has 1 heterocycles. The molecule has 1 aliphatic rings. The van der Waals surface area contributed by atoms with Crippen molar-refractivity contribution in [2.75, 3.05) is 5.32 Å². The predicted octanol–water partition coefficient (Wildman–Crippen LogP) is 3.55. The maximum absolute atomic E-state index is 12.7. The van der Waals surface area contributed by atoms with Gasteiger partial charge in [0.25, 0.3) is 0 Å². The van der Waals surface area contributed by atoms with Crippen LogP contribution in [0, 0.1) is 5.92 Å². The van der Waals surface area contributed by atoms with Crippen molar-refractivity contribution in [1.82, 2.24) is 4.98 Å². The van der Waals surface area contributed by atoms with Gasteiger partial charge in [-0.05, 0) is 42.2 Å². The van der Waals surface area contributed by atoms with Crippen molar-refractivity contribution < 1.29 is 23.1 Å². The molecule has 23 heavy (non-hydrogen) atoms. The number of alkyl halides is 3. The number of nitrogens with one attached hydrogen (secondary N) is 1. The summed E-state index contributed by atoms with van der Waals surface area (Å²) in [4.78, 5) is 16.1. The topological polar surface area (TPSA) is 62.2 Å². The van der Waals surface area contributed by atoms with Gasteiger partial charge in [-0.2, -0.15) is 13.2 Å². The molecule has 1 aromatic heterocycles. The minimum Gasteiger partial charge on any atom is -0.506 e. The second-order valence-electron chi connectivity index (χ2n) is 5.45. The number of aromatic nitrogens is 1. The average molecular weight is 322 g/mol. The van der Waals surface area contributed by atoms with Gasteiger partial charge < -0.3 is 10.4 Å². The number of anilines is 1. The van der Waals surface area contributed by atoms with Crippen LogP contribution in [0.15, 0.2) is 42.7 Å². The van der Waals surface area contributed by atoms with Gasteiger partial charge in [-0.25, -0.2) is 0 Å². The summed E-state index contributed by atoms with van der Waals surface area (Å²) >= 11 is 0. The maximum Gasteiger partial charge on any atom is 0.416 e. The molecule has 0 spiro atoms. The van der Waals surface area contributed by atoms with Crippen LogP contribution in [0.1, 0.15) is 23.5 Å². The second kappa shape index (κ2) is 5.57. The first-order valence-electron chi connectivity index (χ1n) is 6.97. The standard InChI is InChI=1S/C16H13F3N2O2/c17-16(18,19)10-3-4-14(22)13(6-10)21-15(23)12-7-11(12)9-2-1-5-20-8-9/h1-6,8,11-12,22H,7H2,(H,21,23)/t11-,12-/m0/s1. The molecule has 2 atom stereocenters. The highest BCUT2D eigenvalue weighted by molar-refractivity contribution is 5.96. The molecule has 0 bridgehead atoms. The van der Waals surface area contributed by atoms with E-state index in [0.29, 0.717) is 6.42 Å². The third-order valence-corrected chi connectivity index (χ3v) is 3.82. The number of pyridine rings is 1. The SMILES string of the molecule is O=C(Nc1cc(C(F)(F)F)ccc1O)[C@H]1C[C@H]1c1cccnc1. The summed E-state index contributed by atoms with van der Waals surface area (Å²) in [7, 11) is 0. The lowest BCUT2D eigenvalue weighted by Crippen LogP contribution is -2.15. The number of nitrogens with zero attached hydrogens (tertiary/aromatic N) is 1. The molecule has 0 radical (unpaired) electrons. The van der Waals surface area contributed by atoms with Crippen LogP contribution < -0.4 is 5.32 Å². The van der Waals surface area contributed by atoms with Crippen molar-refractivity contribution in [1.29, 1.82) is 0 Å². The second-order valence-corrected chi connectivity index (χ2v) is 5.45. The Labute approximate surface area is 130 Å². The molecule has 2 aromatic rings. The van der Waals surface area contributed by atoms with Crippen LogP contribution in [-0.2, 0) is 11.0 Å². The van der Waals surface area contributed by atoms with Crippen molar-refractivity contribution in [2.24, 2.45) is 5.92 Å². The Morgan fingerprint density at radius 2 is 2.09 bits per heavy atom. The van der Waals surface area contributed by atoms with E-state index in [1.807, 2.05) is 6.07 Å². The van der Waals surface area contributed by atoms with E-state index in [-0.39, 0.29) is 17.5 Å². The van der Waals surface area contributed by atoms with Gasteiger partial charge in [0.1, 0.15) is 5.75 Å². The number of hydrogen-bond donors (Lipinski definition) is 2. The zero-order chi connectivity index (χ0) is 16.6. The highest BCUT2D eigenvalue weighted by Crippen LogP contribution is 2.48. The fourth-order valence-corrected chi connectivity index (χ4v) is 2.49. The molecule has 1 saturated carbocycles. The van der Waals surface area contributed by atoms with Gasteiger partial charge in [-0.1, -0.05) is 6.07 Å². The number of phenolic OH excluding ortho intramolecular Hbond substituents is 1. The minimum atomic E-state index is -4.54. The quantitative estimate of drug-likeness (QED) is 0.850. The van der Waals surface area contributed by atoms with E-state index < -0.39 is 23.4 Å². The molecule has 4 nitrogen and oxygen atoms in total. The molecule has 1 fully saturated rings. The number of rotatable bonds is 3. The normalized spacial score (nSPS) is 20.1. The zero-order valence-corrected chi connectivity index (χ0v) is 11.8. The number of halogens is 3. The van der Waals surface area contributed by atoms with Crippen LogP contribution in [0.2, 0.25) is 0 Å². The van der Waals surface area contributed by atoms with Gasteiger partial charge in [-0.3, -0.25) is 9.78 Å². The third-order valence-electron chi connectivity index (χ3n) is 3.82. The first-order valence-corrected chi connectivity index (χ1v) is 6.97. The fourth-order valence-electron chi connectivity index (χ4n) is 2.49. The van der Waals surface area contributed by atoms with Crippen LogP contribution in [0.5, 0.6) is 5.75 Å². The van der Waals surface area contributed by atoms with Gasteiger partial charge >= 0.3 is 6.18 Å². The van der Waals surface area contributed by atoms with Crippen molar-refractivity contribution in [3.05, 3.63) is 53.9 Å². The Kier molecular flexibility index (Phi) is 3.71. The van der Waals surface area contributed by atoms with Crippen molar-refractivity contribution in [2.45, 2.75) is 18.5 Å². The fraction of sp³-hybridized carbons (Fsp3) is 0.250. The number of hydrogen-bond acceptors (Lipinski definition) is 3. The predicted molar refractivity (Wildman–Crippen MR) is 76.8 cm³/mol. The van der Waals surface area contributed by atoms with Crippen LogP contribution in [-0.4, -0.2) is 16.0 Å². The van der Waals surface area contributed by atoms with E-state index >= 15 is 0 Å². The molecular formula is C16H13F3N2O2. The van der Waals surface area contributed by atoms with Gasteiger partial charge in [0.15, 0.2) is 0 Å². The number of phenols is 1. The highest BCUT2D eigenvalue weighted by atomic mass is 19.4. The minimum absolute atomic E-state index is 0.0108. The molecule has 2 N–H and O–H groups in total. The van der Waals surface area contributed by atoms with E-state index in [4.69, 9.17) is 0 Å². The number of amides is 1. The van der Waals surface area contributed by atoms with Crippen LogP contribution >= 0.6 is 0 Å². The summed E-state index contributed by atoms with van der Waals surface area (Å²) in [6, 6.07) is 6.03. The lowest BCUT2D eigenvalue weighted by molar-refractivity contribution is -0.137. The van der Waals surface area contributed by atoms with Crippen molar-refractivity contribution in [3.63, 3.8) is 0 Å². The van der Waals surface area contributed by atoms with Crippen LogP contribution in [0.3, 0.4) is 0 Å². The molecule has 1 amide bonds. The van der Waals surface area contributed by atoms with Gasteiger partial charge in [-0.15, -0.1) is 0 Å². The molecule has 0 saturated heterocycles. The number of benzene rings is 1. The Morgan fingerprint density at radius 3 is 2.74 bits per heavy atom. The van der Waals surface area contributed by atoms with E-state index in [1.165, 1.54) is 0 Å². The Morgan fingerprint density at radius 1 is 1.30 bits per heavy atom. The largest absolute Gasteiger partial charge is 0.506 e. The molecular weight excluding hydrogens is 309 g/mol. The third kappa shape index (κ3) is 3.28. The van der Waals surface area contributed by atoms with E-state index in [2.05, 4.69) is 10.3 Å². The number of aromatic hydroxyl groups is 1. The average Bonchev–Trinajstić information content (AvgIpc) is 3.30. The highest BCUT2D eigenvalue weighted by Gasteiger charge is 2.44. The molecule has 7 heteroatoms. The Bertz CT molecular complexity index is 732. The van der Waals surface area contributed by atoms with Gasteiger partial charge in [0, 0.05) is 18.3 Å². The summed E-state index contributed by atoms with van der Waals surface area (Å²) in [5, 5.41) is 12.0. The maximum atomic E-state index is 12.7. The van der Waals surface area contributed by atoms with Crippen LogP contribution in [0.4, 0.5) is 18.9 Å². The lowest BCUT2D eigenvalue weighted by Gasteiger charge is -2.11. The molecule has 3 rings (SSSR count). The summed E-state index contributed by atoms with van der Waals surface area (Å²) < 4.78 is 38.1. The van der Waals surface area contributed by atoms with E-state index in [0.717, 1.165) is 23.8 Å². The van der Waals surface area contributed by atoms with Gasteiger partial charge in [0.2, 0.25) is 5.91 Å². The van der Waals surface area contributed by atoms with E-state index in [9.17, 15) is 23.1 Å². The molecule has 0 unspecified atom stereocenters. The van der Waals surface area contributed by atoms with E-state index in [1.54, 1.807) is 18.5 Å². The number of carbonyl (C=O) groups is 1. The first kappa shape index (κ1) is 15.3. The molecule has 120 valence electrons.